The lowest BCUT2D eigenvalue weighted by Gasteiger charge is -2.25. The van der Waals surface area contributed by atoms with E-state index in [1.165, 1.54) is 11.3 Å². The fraction of sp³-hybridized carbons (Fsp3) is 0.316. The van der Waals surface area contributed by atoms with Gasteiger partial charge in [-0.2, -0.15) is 0 Å². The first-order chi connectivity index (χ1) is 13.6. The number of hydrogen-bond acceptors (Lipinski definition) is 6. The summed E-state index contributed by atoms with van der Waals surface area (Å²) in [4.78, 5) is 31.0. The summed E-state index contributed by atoms with van der Waals surface area (Å²) < 4.78 is 2.23. The monoisotopic (exact) mass is 415 g/mol. The molecule has 0 aromatic carbocycles. The maximum Gasteiger partial charge on any atom is 0.228 e. The van der Waals surface area contributed by atoms with E-state index in [0.29, 0.717) is 40.8 Å². The molecule has 0 unspecified atom stereocenters. The van der Waals surface area contributed by atoms with E-state index in [-0.39, 0.29) is 11.7 Å². The lowest BCUT2D eigenvalue weighted by molar-refractivity contribution is -0.119. The topological polar surface area (TPSA) is 81.0 Å². The number of nitrogens with zero attached hydrogens (tertiary/aromatic N) is 5. The number of thiophene rings is 1. The maximum atomic E-state index is 12.2. The molecule has 4 rings (SSSR count). The van der Waals surface area contributed by atoms with Crippen molar-refractivity contribution in [3.8, 4) is 5.69 Å². The zero-order valence-electron chi connectivity index (χ0n) is 15.0. The summed E-state index contributed by atoms with van der Waals surface area (Å²) in [6.07, 6.45) is 6.83. The van der Waals surface area contributed by atoms with Gasteiger partial charge in [-0.3, -0.25) is 14.5 Å². The molecule has 0 radical (unpaired) electrons. The van der Waals surface area contributed by atoms with Gasteiger partial charge >= 0.3 is 0 Å². The molecule has 7 nitrogen and oxygen atoms in total. The molecule has 0 aliphatic carbocycles. The van der Waals surface area contributed by atoms with Gasteiger partial charge in [-0.25, -0.2) is 9.67 Å². The molecule has 1 saturated heterocycles. The molecule has 0 saturated carbocycles. The molecule has 1 aliphatic heterocycles. The van der Waals surface area contributed by atoms with E-state index in [4.69, 9.17) is 11.6 Å². The van der Waals surface area contributed by atoms with Crippen molar-refractivity contribution in [1.82, 2.24) is 20.0 Å². The van der Waals surface area contributed by atoms with Crippen LogP contribution in [0.25, 0.3) is 5.69 Å². The SMILES string of the molecule is O=C(CCc1cn(-c2ccc(N3CCCCC3=O)nc2)nn1)c1ccc(Cl)s1. The zero-order chi connectivity index (χ0) is 19.5. The first kappa shape index (κ1) is 18.8. The Balaban J connectivity index is 1.39. The van der Waals surface area contributed by atoms with Crippen molar-refractivity contribution < 1.29 is 9.59 Å². The van der Waals surface area contributed by atoms with Crippen molar-refractivity contribution in [2.45, 2.75) is 32.1 Å². The van der Waals surface area contributed by atoms with Crippen LogP contribution in [0.3, 0.4) is 0 Å². The van der Waals surface area contributed by atoms with Crippen LogP contribution in [0.4, 0.5) is 5.82 Å². The van der Waals surface area contributed by atoms with Crippen LogP contribution in [0.15, 0.2) is 36.7 Å². The van der Waals surface area contributed by atoms with E-state index < -0.39 is 0 Å². The molecule has 4 heterocycles. The number of carbonyl (C=O) groups excluding carboxylic acids is 2. The Hall–Kier alpha value is -2.58. The second kappa shape index (κ2) is 8.20. The van der Waals surface area contributed by atoms with Crippen molar-refractivity contribution in [2.75, 3.05) is 11.4 Å². The molecule has 0 spiro atoms. The second-order valence-electron chi connectivity index (χ2n) is 6.56. The smallest absolute Gasteiger partial charge is 0.228 e. The quantitative estimate of drug-likeness (QED) is 0.573. The van der Waals surface area contributed by atoms with Gasteiger partial charge in [-0.05, 0) is 37.1 Å². The van der Waals surface area contributed by atoms with Gasteiger partial charge < -0.3 is 0 Å². The number of aromatic nitrogens is 4. The van der Waals surface area contributed by atoms with E-state index in [1.54, 1.807) is 34.1 Å². The van der Waals surface area contributed by atoms with Crippen LogP contribution in [-0.2, 0) is 11.2 Å². The molecule has 144 valence electrons. The third kappa shape index (κ3) is 4.13. The van der Waals surface area contributed by atoms with Crippen LogP contribution in [-0.4, -0.2) is 38.2 Å². The van der Waals surface area contributed by atoms with Gasteiger partial charge in [-0.1, -0.05) is 16.8 Å². The Kier molecular flexibility index (Phi) is 5.50. The number of aryl methyl sites for hydroxylation is 1. The zero-order valence-corrected chi connectivity index (χ0v) is 16.6. The van der Waals surface area contributed by atoms with E-state index in [1.807, 2.05) is 12.1 Å². The Morgan fingerprint density at radius 3 is 2.82 bits per heavy atom. The van der Waals surface area contributed by atoms with Crippen LogP contribution in [0.1, 0.15) is 41.0 Å². The van der Waals surface area contributed by atoms with E-state index >= 15 is 0 Å². The lowest BCUT2D eigenvalue weighted by Crippen LogP contribution is -2.35. The van der Waals surface area contributed by atoms with Crippen LogP contribution in [0, 0.1) is 0 Å². The molecule has 0 N–H and O–H groups in total. The van der Waals surface area contributed by atoms with Gasteiger partial charge in [0.1, 0.15) is 5.82 Å². The minimum absolute atomic E-state index is 0.0451. The minimum Gasteiger partial charge on any atom is -0.297 e. The number of Topliss-reactive ketones (excluding diaryl/α,β-unsaturated/α-hetero) is 1. The number of carbonyl (C=O) groups is 2. The predicted molar refractivity (Wildman–Crippen MR) is 107 cm³/mol. The average Bonchev–Trinajstić information content (AvgIpc) is 3.36. The molecule has 1 aliphatic rings. The number of anilines is 1. The number of ketones is 1. The summed E-state index contributed by atoms with van der Waals surface area (Å²) >= 11 is 7.16. The summed E-state index contributed by atoms with van der Waals surface area (Å²) in [7, 11) is 0. The third-order valence-electron chi connectivity index (χ3n) is 4.59. The predicted octanol–water partition coefficient (Wildman–Crippen LogP) is 3.71. The van der Waals surface area contributed by atoms with Gasteiger partial charge in [0.15, 0.2) is 5.78 Å². The van der Waals surface area contributed by atoms with Crippen LogP contribution in [0.5, 0.6) is 0 Å². The average molecular weight is 416 g/mol. The summed E-state index contributed by atoms with van der Waals surface area (Å²) in [5.74, 6) is 0.823. The Labute approximate surface area is 171 Å². The summed E-state index contributed by atoms with van der Waals surface area (Å²) in [6, 6.07) is 7.15. The molecule has 3 aromatic heterocycles. The molecule has 1 fully saturated rings. The third-order valence-corrected chi connectivity index (χ3v) is 5.87. The van der Waals surface area contributed by atoms with Gasteiger partial charge in [-0.15, -0.1) is 16.4 Å². The van der Waals surface area contributed by atoms with Gasteiger partial charge in [0.25, 0.3) is 0 Å². The molecular formula is C19H18ClN5O2S. The number of hydrogen-bond donors (Lipinski definition) is 0. The number of amides is 1. The molecule has 0 bridgehead atoms. The highest BCUT2D eigenvalue weighted by molar-refractivity contribution is 7.18. The van der Waals surface area contributed by atoms with E-state index in [9.17, 15) is 9.59 Å². The maximum absolute atomic E-state index is 12.2. The first-order valence-electron chi connectivity index (χ1n) is 9.07. The second-order valence-corrected chi connectivity index (χ2v) is 8.27. The fourth-order valence-corrected chi connectivity index (χ4v) is 4.10. The highest BCUT2D eigenvalue weighted by atomic mass is 35.5. The molecule has 9 heteroatoms. The van der Waals surface area contributed by atoms with Gasteiger partial charge in [0, 0.05) is 25.8 Å². The Bertz CT molecular complexity index is 998. The van der Waals surface area contributed by atoms with Crippen molar-refractivity contribution in [3.63, 3.8) is 0 Å². The first-order valence-corrected chi connectivity index (χ1v) is 10.3. The molecule has 0 atom stereocenters. The van der Waals surface area contributed by atoms with Crippen molar-refractivity contribution in [3.05, 3.63) is 51.6 Å². The highest BCUT2D eigenvalue weighted by Crippen LogP contribution is 2.23. The number of pyridine rings is 1. The van der Waals surface area contributed by atoms with Crippen LogP contribution in [0.2, 0.25) is 4.34 Å². The van der Waals surface area contributed by atoms with E-state index in [2.05, 4.69) is 15.3 Å². The normalized spacial score (nSPS) is 14.5. The standard InChI is InChI=1S/C19H18ClN5O2S/c20-17-8-7-16(28-17)15(26)6-4-13-12-25(23-22-13)14-5-9-18(21-11-14)24-10-2-1-3-19(24)27/h5,7-9,11-12H,1-4,6,10H2. The molecule has 28 heavy (non-hydrogen) atoms. The summed E-state index contributed by atoms with van der Waals surface area (Å²) in [5.41, 5.74) is 1.48. The van der Waals surface area contributed by atoms with E-state index in [0.717, 1.165) is 24.2 Å². The summed E-state index contributed by atoms with van der Waals surface area (Å²) in [5, 5.41) is 8.25. The minimum atomic E-state index is 0.0451. The lowest BCUT2D eigenvalue weighted by atomic mass is 10.1. The van der Waals surface area contributed by atoms with Crippen molar-refractivity contribution >= 4 is 40.4 Å². The Morgan fingerprint density at radius 1 is 1.21 bits per heavy atom. The van der Waals surface area contributed by atoms with Gasteiger partial charge in [0.2, 0.25) is 5.91 Å². The van der Waals surface area contributed by atoms with Crippen LogP contribution >= 0.6 is 22.9 Å². The summed E-state index contributed by atoms with van der Waals surface area (Å²) in [6.45, 7) is 0.710. The number of rotatable bonds is 6. The number of halogens is 1. The highest BCUT2D eigenvalue weighted by Gasteiger charge is 2.20. The molecular weight excluding hydrogens is 398 g/mol. The Morgan fingerprint density at radius 2 is 2.11 bits per heavy atom. The van der Waals surface area contributed by atoms with Crippen molar-refractivity contribution in [1.29, 1.82) is 0 Å². The fourth-order valence-electron chi connectivity index (χ4n) is 3.09. The number of piperidine rings is 1. The van der Waals surface area contributed by atoms with Gasteiger partial charge in [0.05, 0.1) is 33.0 Å². The molecule has 3 aromatic rings. The molecule has 1 amide bonds. The van der Waals surface area contributed by atoms with Crippen molar-refractivity contribution in [2.24, 2.45) is 0 Å². The van der Waals surface area contributed by atoms with Crippen LogP contribution < -0.4 is 4.90 Å². The largest absolute Gasteiger partial charge is 0.297 e.